The minimum absolute atomic E-state index is 0.0448. The fourth-order valence-electron chi connectivity index (χ4n) is 1.29. The number of nitrogens with one attached hydrogen (secondary N) is 1. The third-order valence-electron chi connectivity index (χ3n) is 1.86. The van der Waals surface area contributed by atoms with E-state index >= 15 is 0 Å². The highest BCUT2D eigenvalue weighted by molar-refractivity contribution is 5.73. The van der Waals surface area contributed by atoms with Gasteiger partial charge in [0.25, 0.3) is 0 Å². The van der Waals surface area contributed by atoms with Gasteiger partial charge in [-0.1, -0.05) is 18.2 Å². The average molecular weight is 207 g/mol. The molecular weight excluding hydrogens is 190 g/mol. The molecule has 0 aromatic heterocycles. The molecule has 82 valence electrons. The van der Waals surface area contributed by atoms with Crippen molar-refractivity contribution in [2.24, 2.45) is 0 Å². The minimum Gasteiger partial charge on any atom is -0.491 e. The van der Waals surface area contributed by atoms with Crippen LogP contribution in [0.2, 0.25) is 0 Å². The molecule has 3 nitrogen and oxygen atoms in total. The Hall–Kier alpha value is -1.51. The zero-order valence-corrected chi connectivity index (χ0v) is 9.41. The standard InChI is InChI=1S/C12H17NO2/c1-10(14)13-12(2,3)9-15-11-7-5-4-6-8-11/h4-8H,9H2,1-3H3,(H,13,14). The first-order valence-corrected chi connectivity index (χ1v) is 4.96. The molecule has 1 rings (SSSR count). The smallest absolute Gasteiger partial charge is 0.217 e. The van der Waals surface area contributed by atoms with Crippen molar-refractivity contribution in [2.75, 3.05) is 6.61 Å². The van der Waals surface area contributed by atoms with Crippen molar-refractivity contribution in [3.8, 4) is 5.75 Å². The fraction of sp³-hybridized carbons (Fsp3) is 0.417. The molecule has 0 aliphatic heterocycles. The minimum atomic E-state index is -0.346. The first kappa shape index (κ1) is 11.6. The van der Waals surface area contributed by atoms with Crippen molar-refractivity contribution in [1.29, 1.82) is 0 Å². The molecule has 1 aromatic rings. The van der Waals surface area contributed by atoms with Gasteiger partial charge in [-0.2, -0.15) is 0 Å². The number of para-hydroxylation sites is 1. The van der Waals surface area contributed by atoms with Gasteiger partial charge >= 0.3 is 0 Å². The summed E-state index contributed by atoms with van der Waals surface area (Å²) < 4.78 is 5.56. The largest absolute Gasteiger partial charge is 0.491 e. The number of amides is 1. The van der Waals surface area contributed by atoms with Crippen molar-refractivity contribution in [3.05, 3.63) is 30.3 Å². The zero-order chi connectivity index (χ0) is 11.3. The van der Waals surface area contributed by atoms with Crippen molar-refractivity contribution < 1.29 is 9.53 Å². The summed E-state index contributed by atoms with van der Waals surface area (Å²) in [6.45, 7) is 5.82. The molecule has 0 radical (unpaired) electrons. The monoisotopic (exact) mass is 207 g/mol. The van der Waals surface area contributed by atoms with Gasteiger partial charge in [-0.3, -0.25) is 4.79 Å². The average Bonchev–Trinajstić information content (AvgIpc) is 2.15. The van der Waals surface area contributed by atoms with Crippen molar-refractivity contribution in [1.82, 2.24) is 5.32 Å². The maximum atomic E-state index is 10.9. The van der Waals surface area contributed by atoms with Crippen LogP contribution in [0.5, 0.6) is 5.75 Å². The van der Waals surface area contributed by atoms with E-state index in [4.69, 9.17) is 4.74 Å². The van der Waals surface area contributed by atoms with Crippen LogP contribution in [0.25, 0.3) is 0 Å². The van der Waals surface area contributed by atoms with Gasteiger partial charge in [0.1, 0.15) is 12.4 Å². The van der Waals surface area contributed by atoms with Crippen LogP contribution >= 0.6 is 0 Å². The summed E-state index contributed by atoms with van der Waals surface area (Å²) in [6.07, 6.45) is 0. The van der Waals surface area contributed by atoms with Gasteiger partial charge in [0, 0.05) is 6.92 Å². The van der Waals surface area contributed by atoms with Crippen LogP contribution in [0.1, 0.15) is 20.8 Å². The Morgan fingerprint density at radius 2 is 1.93 bits per heavy atom. The highest BCUT2D eigenvalue weighted by Gasteiger charge is 2.19. The molecule has 0 unspecified atom stereocenters. The summed E-state index contributed by atoms with van der Waals surface area (Å²) in [5, 5.41) is 2.83. The van der Waals surface area contributed by atoms with Crippen LogP contribution in [0.15, 0.2) is 30.3 Å². The number of benzene rings is 1. The van der Waals surface area contributed by atoms with Gasteiger partial charge in [-0.05, 0) is 26.0 Å². The van der Waals surface area contributed by atoms with Crippen LogP contribution in [0.3, 0.4) is 0 Å². The van der Waals surface area contributed by atoms with E-state index in [1.807, 2.05) is 44.2 Å². The van der Waals surface area contributed by atoms with Gasteiger partial charge in [-0.15, -0.1) is 0 Å². The number of carbonyl (C=O) groups excluding carboxylic acids is 1. The molecule has 1 N–H and O–H groups in total. The first-order chi connectivity index (χ1) is 6.99. The molecule has 0 heterocycles. The predicted octanol–water partition coefficient (Wildman–Crippen LogP) is 1.98. The molecule has 0 aliphatic carbocycles. The van der Waals surface area contributed by atoms with Gasteiger partial charge in [0.2, 0.25) is 5.91 Å². The molecule has 0 atom stereocenters. The first-order valence-electron chi connectivity index (χ1n) is 4.96. The fourth-order valence-corrected chi connectivity index (χ4v) is 1.29. The third-order valence-corrected chi connectivity index (χ3v) is 1.86. The molecule has 3 heteroatoms. The van der Waals surface area contributed by atoms with Gasteiger partial charge in [0.05, 0.1) is 5.54 Å². The zero-order valence-electron chi connectivity index (χ0n) is 9.41. The van der Waals surface area contributed by atoms with Gasteiger partial charge in [-0.25, -0.2) is 0 Å². The number of hydrogen-bond donors (Lipinski definition) is 1. The second-order valence-corrected chi connectivity index (χ2v) is 4.17. The Bertz CT molecular complexity index is 320. The van der Waals surface area contributed by atoms with E-state index in [0.29, 0.717) is 6.61 Å². The van der Waals surface area contributed by atoms with E-state index in [-0.39, 0.29) is 11.4 Å². The van der Waals surface area contributed by atoms with E-state index < -0.39 is 0 Å². The molecule has 1 amide bonds. The normalized spacial score (nSPS) is 10.9. The molecule has 0 aliphatic rings. The summed E-state index contributed by atoms with van der Waals surface area (Å²) in [5.74, 6) is 0.771. The van der Waals surface area contributed by atoms with Crippen LogP contribution in [0, 0.1) is 0 Å². The topological polar surface area (TPSA) is 38.3 Å². The van der Waals surface area contributed by atoms with Crippen molar-refractivity contribution in [3.63, 3.8) is 0 Å². The number of carbonyl (C=O) groups is 1. The van der Waals surface area contributed by atoms with Gasteiger partial charge < -0.3 is 10.1 Å². The van der Waals surface area contributed by atoms with E-state index in [1.165, 1.54) is 6.92 Å². The molecule has 0 bridgehead atoms. The second kappa shape index (κ2) is 4.82. The molecular formula is C12H17NO2. The lowest BCUT2D eigenvalue weighted by molar-refractivity contribution is -0.120. The van der Waals surface area contributed by atoms with Crippen LogP contribution < -0.4 is 10.1 Å². The molecule has 1 aromatic carbocycles. The lowest BCUT2D eigenvalue weighted by atomic mass is 10.1. The SMILES string of the molecule is CC(=O)NC(C)(C)COc1ccccc1. The highest BCUT2D eigenvalue weighted by Crippen LogP contribution is 2.11. The molecule has 0 saturated carbocycles. The molecule has 0 saturated heterocycles. The quantitative estimate of drug-likeness (QED) is 0.819. The third kappa shape index (κ3) is 4.49. The Morgan fingerprint density at radius 1 is 1.33 bits per heavy atom. The summed E-state index contributed by atoms with van der Waals surface area (Å²) >= 11 is 0. The lowest BCUT2D eigenvalue weighted by Crippen LogP contribution is -2.46. The Balaban J connectivity index is 2.46. The van der Waals surface area contributed by atoms with E-state index in [9.17, 15) is 4.79 Å². The van der Waals surface area contributed by atoms with Crippen molar-refractivity contribution >= 4 is 5.91 Å². The Labute approximate surface area is 90.4 Å². The summed E-state index contributed by atoms with van der Waals surface area (Å²) in [4.78, 5) is 10.9. The van der Waals surface area contributed by atoms with Gasteiger partial charge in [0.15, 0.2) is 0 Å². The van der Waals surface area contributed by atoms with Crippen molar-refractivity contribution in [2.45, 2.75) is 26.3 Å². The highest BCUT2D eigenvalue weighted by atomic mass is 16.5. The Morgan fingerprint density at radius 3 is 2.47 bits per heavy atom. The van der Waals surface area contributed by atoms with Crippen LogP contribution in [-0.4, -0.2) is 18.1 Å². The maximum absolute atomic E-state index is 10.9. The predicted molar refractivity (Wildman–Crippen MR) is 59.8 cm³/mol. The summed E-state index contributed by atoms with van der Waals surface area (Å²) in [6, 6.07) is 9.56. The van der Waals surface area contributed by atoms with Crippen LogP contribution in [-0.2, 0) is 4.79 Å². The number of hydrogen-bond acceptors (Lipinski definition) is 2. The molecule has 15 heavy (non-hydrogen) atoms. The lowest BCUT2D eigenvalue weighted by Gasteiger charge is -2.25. The van der Waals surface area contributed by atoms with Crippen LogP contribution in [0.4, 0.5) is 0 Å². The Kier molecular flexibility index (Phi) is 3.72. The number of rotatable bonds is 4. The summed E-state index contributed by atoms with van der Waals surface area (Å²) in [7, 11) is 0. The van der Waals surface area contributed by atoms with E-state index in [2.05, 4.69) is 5.32 Å². The van der Waals surface area contributed by atoms with E-state index in [1.54, 1.807) is 0 Å². The number of ether oxygens (including phenoxy) is 1. The maximum Gasteiger partial charge on any atom is 0.217 e. The molecule has 0 spiro atoms. The van der Waals surface area contributed by atoms with E-state index in [0.717, 1.165) is 5.75 Å². The molecule has 0 fully saturated rings. The second-order valence-electron chi connectivity index (χ2n) is 4.17. The summed E-state index contributed by atoms with van der Waals surface area (Å²) in [5.41, 5.74) is -0.346.